The summed E-state index contributed by atoms with van der Waals surface area (Å²) < 4.78 is 0. The third-order valence-corrected chi connectivity index (χ3v) is 2.17. The molecule has 4 heteroatoms. The predicted octanol–water partition coefficient (Wildman–Crippen LogP) is 1.61. The maximum Gasteiger partial charge on any atom is 0.272 e. The molecule has 15 heavy (non-hydrogen) atoms. The monoisotopic (exact) mass is 207 g/mol. The van der Waals surface area contributed by atoms with Crippen LogP contribution in [0.5, 0.6) is 0 Å². The van der Waals surface area contributed by atoms with Crippen molar-refractivity contribution in [1.82, 2.24) is 9.88 Å². The van der Waals surface area contributed by atoms with E-state index in [1.54, 1.807) is 24.2 Å². The van der Waals surface area contributed by atoms with E-state index < -0.39 is 0 Å². The summed E-state index contributed by atoms with van der Waals surface area (Å²) in [7, 11) is 3.61. The Labute approximate surface area is 90.3 Å². The van der Waals surface area contributed by atoms with Crippen molar-refractivity contribution in [3.8, 4) is 0 Å². The van der Waals surface area contributed by atoms with Crippen LogP contribution in [0.4, 0.5) is 5.69 Å². The third-order valence-electron chi connectivity index (χ3n) is 2.17. The number of carbonyl (C=O) groups is 1. The van der Waals surface area contributed by atoms with E-state index in [0.29, 0.717) is 5.69 Å². The quantitative estimate of drug-likeness (QED) is 0.815. The summed E-state index contributed by atoms with van der Waals surface area (Å²) in [6.07, 6.45) is 2.59. The van der Waals surface area contributed by atoms with Crippen LogP contribution < -0.4 is 5.32 Å². The first-order valence-electron chi connectivity index (χ1n) is 5.08. The van der Waals surface area contributed by atoms with Crippen LogP contribution in [0, 0.1) is 0 Å². The zero-order valence-corrected chi connectivity index (χ0v) is 9.45. The van der Waals surface area contributed by atoms with Crippen LogP contribution in [-0.2, 0) is 0 Å². The van der Waals surface area contributed by atoms with Crippen LogP contribution >= 0.6 is 0 Å². The Bertz CT molecular complexity index is 338. The Morgan fingerprint density at radius 2 is 2.33 bits per heavy atom. The number of anilines is 1. The summed E-state index contributed by atoms with van der Waals surface area (Å²) in [5, 5.41) is 2.98. The first kappa shape index (κ1) is 11.5. The number of nitrogens with zero attached hydrogens (tertiary/aromatic N) is 2. The van der Waals surface area contributed by atoms with Gasteiger partial charge in [-0.1, -0.05) is 6.92 Å². The molecule has 0 radical (unpaired) electrons. The van der Waals surface area contributed by atoms with E-state index in [1.165, 1.54) is 0 Å². The highest BCUT2D eigenvalue weighted by molar-refractivity contribution is 5.92. The molecular formula is C11H17N3O. The number of carbonyl (C=O) groups excluding carboxylic acids is 1. The maximum absolute atomic E-state index is 11.8. The largest absolute Gasteiger partial charge is 0.388 e. The molecule has 1 aromatic rings. The van der Waals surface area contributed by atoms with Crippen molar-refractivity contribution in [3.05, 3.63) is 24.0 Å². The molecule has 1 heterocycles. The molecule has 0 saturated heterocycles. The molecule has 1 amide bonds. The van der Waals surface area contributed by atoms with Gasteiger partial charge in [0.15, 0.2) is 0 Å². The second-order valence-corrected chi connectivity index (χ2v) is 3.41. The number of hydrogen-bond donors (Lipinski definition) is 1. The van der Waals surface area contributed by atoms with E-state index in [1.807, 2.05) is 20.0 Å². The lowest BCUT2D eigenvalue weighted by atomic mass is 10.3. The van der Waals surface area contributed by atoms with Crippen molar-refractivity contribution in [2.75, 3.05) is 26.0 Å². The van der Waals surface area contributed by atoms with Gasteiger partial charge in [-0.15, -0.1) is 0 Å². The van der Waals surface area contributed by atoms with Crippen LogP contribution in [-0.4, -0.2) is 36.4 Å². The van der Waals surface area contributed by atoms with Gasteiger partial charge in [-0.3, -0.25) is 9.78 Å². The summed E-state index contributed by atoms with van der Waals surface area (Å²) in [6.45, 7) is 2.80. The Morgan fingerprint density at radius 1 is 1.60 bits per heavy atom. The number of hydrogen-bond acceptors (Lipinski definition) is 3. The summed E-state index contributed by atoms with van der Waals surface area (Å²) in [6, 6.07) is 3.59. The van der Waals surface area contributed by atoms with Crippen LogP contribution in [0.3, 0.4) is 0 Å². The summed E-state index contributed by atoms with van der Waals surface area (Å²) >= 11 is 0. The fraction of sp³-hybridized carbons (Fsp3) is 0.455. The zero-order valence-electron chi connectivity index (χ0n) is 9.45. The molecular weight excluding hydrogens is 190 g/mol. The van der Waals surface area contributed by atoms with Gasteiger partial charge in [-0.05, 0) is 18.6 Å². The molecule has 1 rings (SSSR count). The molecule has 0 fully saturated rings. The van der Waals surface area contributed by atoms with Crippen molar-refractivity contribution in [2.45, 2.75) is 13.3 Å². The van der Waals surface area contributed by atoms with Gasteiger partial charge in [-0.25, -0.2) is 0 Å². The SMILES string of the molecule is CCCN(C)C(=O)c1cc(NC)ccn1. The molecule has 0 aliphatic heterocycles. The van der Waals surface area contributed by atoms with Gasteiger partial charge < -0.3 is 10.2 Å². The molecule has 1 aromatic heterocycles. The van der Waals surface area contributed by atoms with E-state index in [2.05, 4.69) is 10.3 Å². The minimum Gasteiger partial charge on any atom is -0.388 e. The summed E-state index contributed by atoms with van der Waals surface area (Å²) in [4.78, 5) is 17.6. The van der Waals surface area contributed by atoms with E-state index in [9.17, 15) is 4.79 Å². The third kappa shape index (κ3) is 2.94. The molecule has 0 aromatic carbocycles. The molecule has 0 aliphatic rings. The van der Waals surface area contributed by atoms with Crippen molar-refractivity contribution >= 4 is 11.6 Å². The predicted molar refractivity (Wildman–Crippen MR) is 61.0 cm³/mol. The lowest BCUT2D eigenvalue weighted by Gasteiger charge is -2.15. The number of rotatable bonds is 4. The van der Waals surface area contributed by atoms with E-state index >= 15 is 0 Å². The molecule has 4 nitrogen and oxygen atoms in total. The van der Waals surface area contributed by atoms with Gasteiger partial charge in [0, 0.05) is 32.5 Å². The summed E-state index contributed by atoms with van der Waals surface area (Å²) in [5.74, 6) is -0.0334. The van der Waals surface area contributed by atoms with Gasteiger partial charge >= 0.3 is 0 Å². The topological polar surface area (TPSA) is 45.2 Å². The molecule has 0 unspecified atom stereocenters. The molecule has 0 atom stereocenters. The lowest BCUT2D eigenvalue weighted by molar-refractivity contribution is 0.0789. The van der Waals surface area contributed by atoms with Crippen LogP contribution in [0.1, 0.15) is 23.8 Å². The molecule has 0 saturated carbocycles. The molecule has 0 aliphatic carbocycles. The molecule has 0 spiro atoms. The van der Waals surface area contributed by atoms with Crippen LogP contribution in [0.2, 0.25) is 0 Å². The minimum absolute atomic E-state index is 0.0334. The van der Waals surface area contributed by atoms with Gasteiger partial charge in [-0.2, -0.15) is 0 Å². The first-order chi connectivity index (χ1) is 7.19. The van der Waals surface area contributed by atoms with Gasteiger partial charge in [0.25, 0.3) is 5.91 Å². The average Bonchev–Trinajstić information content (AvgIpc) is 2.28. The zero-order chi connectivity index (χ0) is 11.3. The van der Waals surface area contributed by atoms with Gasteiger partial charge in [0.05, 0.1) is 0 Å². The highest BCUT2D eigenvalue weighted by Gasteiger charge is 2.12. The maximum atomic E-state index is 11.8. The number of nitrogens with one attached hydrogen (secondary N) is 1. The molecule has 82 valence electrons. The Kier molecular flexibility index (Phi) is 4.09. The van der Waals surface area contributed by atoms with Crippen molar-refractivity contribution in [3.63, 3.8) is 0 Å². The molecule has 0 bridgehead atoms. The molecule has 1 N–H and O–H groups in total. The van der Waals surface area contributed by atoms with Crippen LogP contribution in [0.15, 0.2) is 18.3 Å². The fourth-order valence-corrected chi connectivity index (χ4v) is 1.34. The second kappa shape index (κ2) is 5.34. The average molecular weight is 207 g/mol. The van der Waals surface area contributed by atoms with Gasteiger partial charge in [0.2, 0.25) is 0 Å². The smallest absolute Gasteiger partial charge is 0.272 e. The van der Waals surface area contributed by atoms with E-state index in [0.717, 1.165) is 18.7 Å². The first-order valence-corrected chi connectivity index (χ1v) is 5.08. The highest BCUT2D eigenvalue weighted by Crippen LogP contribution is 2.08. The Hall–Kier alpha value is -1.58. The Balaban J connectivity index is 2.81. The normalized spacial score (nSPS) is 9.80. The summed E-state index contributed by atoms with van der Waals surface area (Å²) in [5.41, 5.74) is 1.39. The Morgan fingerprint density at radius 3 is 2.93 bits per heavy atom. The fourth-order valence-electron chi connectivity index (χ4n) is 1.34. The minimum atomic E-state index is -0.0334. The number of pyridine rings is 1. The second-order valence-electron chi connectivity index (χ2n) is 3.41. The van der Waals surface area contributed by atoms with Crippen molar-refractivity contribution < 1.29 is 4.79 Å². The lowest BCUT2D eigenvalue weighted by Crippen LogP contribution is -2.28. The number of aromatic nitrogens is 1. The highest BCUT2D eigenvalue weighted by atomic mass is 16.2. The standard InChI is InChI=1S/C11H17N3O/c1-4-7-14(3)11(15)10-8-9(12-2)5-6-13-10/h5-6,8H,4,7H2,1-3H3,(H,12,13). The van der Waals surface area contributed by atoms with Crippen molar-refractivity contribution in [2.24, 2.45) is 0 Å². The van der Waals surface area contributed by atoms with Crippen molar-refractivity contribution in [1.29, 1.82) is 0 Å². The van der Waals surface area contributed by atoms with Crippen LogP contribution in [0.25, 0.3) is 0 Å². The van der Waals surface area contributed by atoms with E-state index in [4.69, 9.17) is 0 Å². The van der Waals surface area contributed by atoms with Gasteiger partial charge in [0.1, 0.15) is 5.69 Å². The van der Waals surface area contributed by atoms with E-state index in [-0.39, 0.29) is 5.91 Å². The number of amides is 1.